The fourth-order valence-corrected chi connectivity index (χ4v) is 4.39. The van der Waals surface area contributed by atoms with Crippen molar-refractivity contribution in [2.24, 2.45) is 0 Å². The Morgan fingerprint density at radius 2 is 1.76 bits per heavy atom. The van der Waals surface area contributed by atoms with Crippen LogP contribution in [0.2, 0.25) is 25.7 Å². The van der Waals surface area contributed by atoms with Gasteiger partial charge in [0.1, 0.15) is 17.0 Å². The number of anilines is 1. The molecular formula is C19H26BrF3N4OSi. The highest BCUT2D eigenvalue weighted by molar-refractivity contribution is 9.10. The Kier molecular flexibility index (Phi) is 7.08. The first-order valence-corrected chi connectivity index (χ1v) is 14.1. The zero-order valence-electron chi connectivity index (χ0n) is 16.9. The van der Waals surface area contributed by atoms with E-state index in [2.05, 4.69) is 50.8 Å². The molecule has 0 unspecified atom stereocenters. The number of hydrogen-bond donors (Lipinski definition) is 1. The standard InChI is InChI=1S/C19H26BrF3N4OSi/c1-29(2,3)9-8-28-12-27-18(20)17(13-10-14(21)16(23)15(22)11-13)25-19(27)26-6-4-24-5-7-26/h10-11,24H,4-9,12H2,1-3H3. The third-order valence-corrected chi connectivity index (χ3v) is 7.27. The van der Waals surface area contributed by atoms with Crippen molar-refractivity contribution < 1.29 is 17.9 Å². The van der Waals surface area contributed by atoms with Gasteiger partial charge in [-0.1, -0.05) is 19.6 Å². The molecule has 0 bridgehead atoms. The van der Waals surface area contributed by atoms with Gasteiger partial charge in [-0.15, -0.1) is 0 Å². The largest absolute Gasteiger partial charge is 0.361 e. The second-order valence-electron chi connectivity index (χ2n) is 8.32. The van der Waals surface area contributed by atoms with Gasteiger partial charge in [-0.2, -0.15) is 0 Å². The zero-order valence-corrected chi connectivity index (χ0v) is 19.5. The number of halogens is 4. The highest BCUT2D eigenvalue weighted by Gasteiger charge is 2.24. The SMILES string of the molecule is C[Si](C)(C)CCOCn1c(N2CCNCC2)nc(-c2cc(F)c(F)c(F)c2)c1Br. The highest BCUT2D eigenvalue weighted by Crippen LogP contribution is 2.34. The van der Waals surface area contributed by atoms with Crippen molar-refractivity contribution in [3.8, 4) is 11.3 Å². The van der Waals surface area contributed by atoms with E-state index in [-0.39, 0.29) is 12.3 Å². The molecule has 1 aromatic carbocycles. The molecule has 160 valence electrons. The lowest BCUT2D eigenvalue weighted by Crippen LogP contribution is -2.44. The summed E-state index contributed by atoms with van der Waals surface area (Å²) in [6.07, 6.45) is 0. The summed E-state index contributed by atoms with van der Waals surface area (Å²) in [6.45, 7) is 10.9. The maximum Gasteiger partial charge on any atom is 0.209 e. The van der Waals surface area contributed by atoms with Crippen LogP contribution in [0.1, 0.15) is 0 Å². The summed E-state index contributed by atoms with van der Waals surface area (Å²) < 4.78 is 49.2. The minimum atomic E-state index is -1.48. The first-order chi connectivity index (χ1) is 13.7. The maximum absolute atomic E-state index is 13.8. The smallest absolute Gasteiger partial charge is 0.209 e. The Morgan fingerprint density at radius 1 is 1.14 bits per heavy atom. The van der Waals surface area contributed by atoms with Crippen LogP contribution in [0, 0.1) is 17.5 Å². The first-order valence-electron chi connectivity index (χ1n) is 9.62. The summed E-state index contributed by atoms with van der Waals surface area (Å²) in [5.41, 5.74) is 0.524. The maximum atomic E-state index is 13.8. The summed E-state index contributed by atoms with van der Waals surface area (Å²) in [7, 11) is -1.22. The molecule has 0 atom stereocenters. The Bertz CT molecular complexity index is 843. The highest BCUT2D eigenvalue weighted by atomic mass is 79.9. The van der Waals surface area contributed by atoms with Crippen LogP contribution in [-0.2, 0) is 11.5 Å². The van der Waals surface area contributed by atoms with Gasteiger partial charge in [0.25, 0.3) is 0 Å². The topological polar surface area (TPSA) is 42.3 Å². The molecule has 3 rings (SSSR count). The molecule has 1 N–H and O–H groups in total. The lowest BCUT2D eigenvalue weighted by Gasteiger charge is -2.29. The molecular weight excluding hydrogens is 465 g/mol. The average Bonchev–Trinajstić information content (AvgIpc) is 2.99. The molecule has 0 saturated carbocycles. The molecule has 2 heterocycles. The number of imidazole rings is 1. The summed E-state index contributed by atoms with van der Waals surface area (Å²) in [5.74, 6) is -3.30. The molecule has 0 aliphatic carbocycles. The second kappa shape index (κ2) is 9.19. The molecule has 10 heteroatoms. The Morgan fingerprint density at radius 3 is 2.34 bits per heavy atom. The van der Waals surface area contributed by atoms with Crippen LogP contribution >= 0.6 is 15.9 Å². The number of nitrogens with one attached hydrogen (secondary N) is 1. The first kappa shape index (κ1) is 22.3. The number of hydrogen-bond acceptors (Lipinski definition) is 4. The van der Waals surface area contributed by atoms with Gasteiger partial charge in [-0.05, 0) is 34.1 Å². The third-order valence-electron chi connectivity index (χ3n) is 4.76. The van der Waals surface area contributed by atoms with Gasteiger partial charge in [-0.3, -0.25) is 4.57 Å². The molecule has 29 heavy (non-hydrogen) atoms. The predicted octanol–water partition coefficient (Wildman–Crippen LogP) is 4.45. The fraction of sp³-hybridized carbons (Fsp3) is 0.526. The monoisotopic (exact) mass is 490 g/mol. The molecule has 5 nitrogen and oxygen atoms in total. The van der Waals surface area contributed by atoms with Crippen LogP contribution in [0.3, 0.4) is 0 Å². The van der Waals surface area contributed by atoms with Crippen LogP contribution in [0.5, 0.6) is 0 Å². The third kappa shape index (κ3) is 5.42. The van der Waals surface area contributed by atoms with E-state index < -0.39 is 25.5 Å². The van der Waals surface area contributed by atoms with E-state index >= 15 is 0 Å². The molecule has 1 fully saturated rings. The number of piperazine rings is 1. The van der Waals surface area contributed by atoms with E-state index in [9.17, 15) is 13.2 Å². The fourth-order valence-electron chi connectivity index (χ4n) is 3.05. The summed E-state index contributed by atoms with van der Waals surface area (Å²) >= 11 is 3.51. The predicted molar refractivity (Wildman–Crippen MR) is 114 cm³/mol. The number of benzene rings is 1. The lowest BCUT2D eigenvalue weighted by atomic mass is 10.1. The van der Waals surface area contributed by atoms with Gasteiger partial charge in [0.15, 0.2) is 17.5 Å². The van der Waals surface area contributed by atoms with Crippen molar-refractivity contribution in [1.82, 2.24) is 14.9 Å². The molecule has 0 radical (unpaired) electrons. The molecule has 0 spiro atoms. The minimum absolute atomic E-state index is 0.172. The van der Waals surface area contributed by atoms with E-state index in [0.29, 0.717) is 22.9 Å². The van der Waals surface area contributed by atoms with Crippen molar-refractivity contribution in [2.45, 2.75) is 32.4 Å². The van der Waals surface area contributed by atoms with Gasteiger partial charge in [-0.25, -0.2) is 18.2 Å². The average molecular weight is 491 g/mol. The molecule has 1 aliphatic heterocycles. The van der Waals surface area contributed by atoms with Crippen molar-refractivity contribution in [3.05, 3.63) is 34.2 Å². The van der Waals surface area contributed by atoms with Crippen LogP contribution in [0.4, 0.5) is 19.1 Å². The Hall–Kier alpha value is -1.36. The van der Waals surface area contributed by atoms with Crippen LogP contribution in [0.25, 0.3) is 11.3 Å². The summed E-state index contributed by atoms with van der Waals surface area (Å²) in [5, 5.41) is 3.29. The van der Waals surface area contributed by atoms with Crippen molar-refractivity contribution in [1.29, 1.82) is 0 Å². The number of rotatable bonds is 7. The minimum Gasteiger partial charge on any atom is -0.361 e. The molecule has 1 aliphatic rings. The van der Waals surface area contributed by atoms with Gasteiger partial charge < -0.3 is 15.0 Å². The van der Waals surface area contributed by atoms with Crippen LogP contribution in [-0.4, -0.2) is 50.4 Å². The summed E-state index contributed by atoms with van der Waals surface area (Å²) in [6, 6.07) is 2.95. The molecule has 0 amide bonds. The van der Waals surface area contributed by atoms with Gasteiger partial charge in [0, 0.05) is 46.4 Å². The van der Waals surface area contributed by atoms with E-state index in [4.69, 9.17) is 4.74 Å². The number of aromatic nitrogens is 2. The normalized spacial score (nSPS) is 15.2. The molecule has 1 saturated heterocycles. The van der Waals surface area contributed by atoms with Crippen molar-refractivity contribution in [2.75, 3.05) is 37.7 Å². The number of nitrogens with zero attached hydrogens (tertiary/aromatic N) is 3. The summed E-state index contributed by atoms with van der Waals surface area (Å²) in [4.78, 5) is 6.73. The quantitative estimate of drug-likeness (QED) is 0.353. The van der Waals surface area contributed by atoms with Gasteiger partial charge >= 0.3 is 0 Å². The van der Waals surface area contributed by atoms with E-state index in [1.54, 1.807) is 0 Å². The van der Waals surface area contributed by atoms with Crippen LogP contribution < -0.4 is 10.2 Å². The second-order valence-corrected chi connectivity index (χ2v) is 14.7. The molecule has 1 aromatic heterocycles. The van der Waals surface area contributed by atoms with Gasteiger partial charge in [0.2, 0.25) is 5.95 Å². The Balaban J connectivity index is 1.92. The van der Waals surface area contributed by atoms with Crippen molar-refractivity contribution >= 4 is 30.0 Å². The number of ether oxygens (including phenoxy) is 1. The molecule has 2 aromatic rings. The van der Waals surface area contributed by atoms with Crippen molar-refractivity contribution in [3.63, 3.8) is 0 Å². The lowest BCUT2D eigenvalue weighted by molar-refractivity contribution is 0.0865. The van der Waals surface area contributed by atoms with Gasteiger partial charge in [0.05, 0.1) is 0 Å². The van der Waals surface area contributed by atoms with E-state index in [0.717, 1.165) is 44.4 Å². The van der Waals surface area contributed by atoms with E-state index in [1.807, 2.05) is 4.57 Å². The van der Waals surface area contributed by atoms with Crippen LogP contribution in [0.15, 0.2) is 16.7 Å². The van der Waals surface area contributed by atoms with E-state index in [1.165, 1.54) is 0 Å². The Labute approximate surface area is 178 Å². The zero-order chi connectivity index (χ0) is 21.2.